The van der Waals surface area contributed by atoms with Crippen LogP contribution in [0.3, 0.4) is 0 Å². The van der Waals surface area contributed by atoms with Crippen LogP contribution in [0.5, 0.6) is 11.6 Å². The summed E-state index contributed by atoms with van der Waals surface area (Å²) in [5, 5.41) is 2.89. The lowest BCUT2D eigenvalue weighted by Crippen LogP contribution is -2.31. The number of Topliss-reactive ketones (excluding diaryl/α,β-unsaturated/α-hetero) is 1. The molecule has 0 saturated heterocycles. The second-order valence-electron chi connectivity index (χ2n) is 5.94. The summed E-state index contributed by atoms with van der Waals surface area (Å²) in [6.45, 7) is 0. The number of anilines is 1. The topological polar surface area (TPSA) is 86.1 Å². The molecule has 1 atom stereocenters. The van der Waals surface area contributed by atoms with E-state index < -0.39 is 0 Å². The third-order valence-electron chi connectivity index (χ3n) is 4.23. The van der Waals surface area contributed by atoms with Crippen molar-refractivity contribution in [1.82, 2.24) is 14.5 Å². The highest BCUT2D eigenvalue weighted by molar-refractivity contribution is 6.00. The van der Waals surface area contributed by atoms with E-state index in [-0.39, 0.29) is 17.7 Å². The molecule has 7 heteroatoms. The Morgan fingerprint density at radius 3 is 2.81 bits per heavy atom. The molecule has 0 radical (unpaired) electrons. The van der Waals surface area contributed by atoms with Crippen molar-refractivity contribution in [1.29, 1.82) is 0 Å². The number of ketones is 1. The summed E-state index contributed by atoms with van der Waals surface area (Å²) in [6, 6.07) is 10.2. The van der Waals surface area contributed by atoms with Gasteiger partial charge in [-0.2, -0.15) is 0 Å². The predicted octanol–water partition coefficient (Wildman–Crippen LogP) is 3.23. The summed E-state index contributed by atoms with van der Waals surface area (Å²) < 4.78 is 7.32. The number of benzene rings is 1. The van der Waals surface area contributed by atoms with Gasteiger partial charge in [0.25, 0.3) is 0 Å². The molecule has 26 heavy (non-hydrogen) atoms. The summed E-state index contributed by atoms with van der Waals surface area (Å²) in [5.74, 6) is 0.929. The fourth-order valence-corrected chi connectivity index (χ4v) is 2.99. The van der Waals surface area contributed by atoms with Crippen molar-refractivity contribution in [3.63, 3.8) is 0 Å². The Labute approximate surface area is 149 Å². The molecule has 0 unspecified atom stereocenters. The zero-order valence-electron chi connectivity index (χ0n) is 13.8. The first kappa shape index (κ1) is 16.0. The van der Waals surface area contributed by atoms with E-state index >= 15 is 0 Å². The summed E-state index contributed by atoms with van der Waals surface area (Å²) in [7, 11) is 0. The number of rotatable bonds is 4. The summed E-state index contributed by atoms with van der Waals surface area (Å²) in [4.78, 5) is 32.5. The number of carbonyl (C=O) groups is 2. The van der Waals surface area contributed by atoms with Crippen LogP contribution in [-0.4, -0.2) is 26.2 Å². The summed E-state index contributed by atoms with van der Waals surface area (Å²) >= 11 is 0. The molecule has 130 valence electrons. The maximum atomic E-state index is 12.6. The minimum Gasteiger partial charge on any atom is -0.438 e. The highest BCUT2D eigenvalue weighted by Gasteiger charge is 2.29. The molecule has 3 aromatic rings. The quantitative estimate of drug-likeness (QED) is 0.782. The van der Waals surface area contributed by atoms with Crippen molar-refractivity contribution in [3.8, 4) is 11.6 Å². The molecule has 2 aromatic heterocycles. The third kappa shape index (κ3) is 3.19. The molecule has 1 N–H and O–H groups in total. The largest absolute Gasteiger partial charge is 0.438 e. The fourth-order valence-electron chi connectivity index (χ4n) is 2.99. The molecule has 0 saturated carbocycles. The van der Waals surface area contributed by atoms with Crippen molar-refractivity contribution < 1.29 is 14.3 Å². The molecule has 1 aliphatic heterocycles. The van der Waals surface area contributed by atoms with Crippen LogP contribution in [0, 0.1) is 0 Å². The van der Waals surface area contributed by atoms with Gasteiger partial charge in [-0.25, -0.2) is 4.98 Å². The SMILES string of the molecule is O=C1CC[C@@H](C(=O)Nc2ccc(Oc3cnccn3)cc2)n2cccc21. The number of amides is 1. The van der Waals surface area contributed by atoms with Crippen molar-refractivity contribution in [3.05, 3.63) is 66.9 Å². The van der Waals surface area contributed by atoms with E-state index in [1.807, 2.05) is 0 Å². The Morgan fingerprint density at radius 1 is 1.19 bits per heavy atom. The normalized spacial score (nSPS) is 16.0. The van der Waals surface area contributed by atoms with Gasteiger partial charge in [0, 0.05) is 30.7 Å². The lowest BCUT2D eigenvalue weighted by atomic mass is 10.0. The minimum absolute atomic E-state index is 0.0737. The smallest absolute Gasteiger partial charge is 0.247 e. The van der Waals surface area contributed by atoms with Gasteiger partial charge < -0.3 is 14.6 Å². The maximum Gasteiger partial charge on any atom is 0.247 e. The van der Waals surface area contributed by atoms with Gasteiger partial charge in [0.05, 0.1) is 11.9 Å². The van der Waals surface area contributed by atoms with E-state index in [0.29, 0.717) is 35.9 Å². The molecule has 0 spiro atoms. The molecule has 7 nitrogen and oxygen atoms in total. The summed E-state index contributed by atoms with van der Waals surface area (Å²) in [6.07, 6.45) is 7.30. The first-order chi connectivity index (χ1) is 12.7. The molecular weight excluding hydrogens is 332 g/mol. The molecule has 4 rings (SSSR count). The summed E-state index contributed by atoms with van der Waals surface area (Å²) in [5.41, 5.74) is 1.25. The van der Waals surface area contributed by atoms with E-state index in [9.17, 15) is 9.59 Å². The Bertz CT molecular complexity index is 935. The molecule has 1 aliphatic rings. The first-order valence-corrected chi connectivity index (χ1v) is 8.25. The fraction of sp³-hybridized carbons (Fsp3) is 0.158. The zero-order valence-corrected chi connectivity index (χ0v) is 13.8. The van der Waals surface area contributed by atoms with E-state index in [2.05, 4.69) is 15.3 Å². The van der Waals surface area contributed by atoms with Crippen LogP contribution in [0.25, 0.3) is 0 Å². The van der Waals surface area contributed by atoms with Gasteiger partial charge in [0.2, 0.25) is 11.8 Å². The van der Waals surface area contributed by atoms with Gasteiger partial charge >= 0.3 is 0 Å². The Morgan fingerprint density at radius 2 is 2.04 bits per heavy atom. The Balaban J connectivity index is 1.44. The Hall–Kier alpha value is -3.48. The van der Waals surface area contributed by atoms with Gasteiger partial charge in [-0.3, -0.25) is 14.6 Å². The number of hydrogen-bond acceptors (Lipinski definition) is 5. The van der Waals surface area contributed by atoms with E-state index in [1.165, 1.54) is 6.20 Å². The van der Waals surface area contributed by atoms with Gasteiger partial charge in [0.15, 0.2) is 5.78 Å². The first-order valence-electron chi connectivity index (χ1n) is 8.25. The average molecular weight is 348 g/mol. The number of nitrogens with zero attached hydrogens (tertiary/aromatic N) is 3. The second-order valence-corrected chi connectivity index (χ2v) is 5.94. The number of carbonyl (C=O) groups excluding carboxylic acids is 2. The lowest BCUT2D eigenvalue weighted by Gasteiger charge is -2.24. The lowest BCUT2D eigenvalue weighted by molar-refractivity contribution is -0.119. The highest BCUT2D eigenvalue weighted by Crippen LogP contribution is 2.27. The minimum atomic E-state index is -0.381. The van der Waals surface area contributed by atoms with E-state index in [1.54, 1.807) is 59.6 Å². The Kier molecular flexibility index (Phi) is 4.18. The highest BCUT2D eigenvalue weighted by atomic mass is 16.5. The van der Waals surface area contributed by atoms with Crippen LogP contribution < -0.4 is 10.1 Å². The standard InChI is InChI=1S/C19H16N4O3/c24-17-8-7-16(23-11-1-2-15(17)23)19(25)22-13-3-5-14(6-4-13)26-18-12-20-9-10-21-18/h1-6,9-12,16H,7-8H2,(H,22,25)/t16-/m0/s1. The second kappa shape index (κ2) is 6.79. The van der Waals surface area contributed by atoms with Crippen LogP contribution in [0.1, 0.15) is 29.4 Å². The van der Waals surface area contributed by atoms with Gasteiger partial charge in [-0.05, 0) is 42.8 Å². The van der Waals surface area contributed by atoms with Crippen LogP contribution in [0.15, 0.2) is 61.2 Å². The van der Waals surface area contributed by atoms with E-state index in [4.69, 9.17) is 4.74 Å². The molecule has 3 heterocycles. The molecule has 0 fully saturated rings. The number of hydrogen-bond donors (Lipinski definition) is 1. The molecule has 0 bridgehead atoms. The van der Waals surface area contributed by atoms with Crippen molar-refractivity contribution in [2.45, 2.75) is 18.9 Å². The third-order valence-corrected chi connectivity index (χ3v) is 4.23. The molecular formula is C19H16N4O3. The number of ether oxygens (including phenoxy) is 1. The van der Waals surface area contributed by atoms with E-state index in [0.717, 1.165) is 0 Å². The maximum absolute atomic E-state index is 12.6. The van der Waals surface area contributed by atoms with Crippen molar-refractivity contribution in [2.24, 2.45) is 0 Å². The van der Waals surface area contributed by atoms with Crippen LogP contribution in [0.4, 0.5) is 5.69 Å². The van der Waals surface area contributed by atoms with Crippen molar-refractivity contribution >= 4 is 17.4 Å². The van der Waals surface area contributed by atoms with Gasteiger partial charge in [-0.15, -0.1) is 0 Å². The molecule has 1 aromatic carbocycles. The average Bonchev–Trinajstić information content (AvgIpc) is 3.15. The van der Waals surface area contributed by atoms with Crippen LogP contribution in [0.2, 0.25) is 0 Å². The van der Waals surface area contributed by atoms with Crippen molar-refractivity contribution in [2.75, 3.05) is 5.32 Å². The molecule has 0 aliphatic carbocycles. The predicted molar refractivity (Wildman–Crippen MR) is 94.2 cm³/mol. The zero-order chi connectivity index (χ0) is 17.9. The van der Waals surface area contributed by atoms with Gasteiger partial charge in [0.1, 0.15) is 11.8 Å². The molecule has 1 amide bonds. The number of fused-ring (bicyclic) bond motifs is 1. The van der Waals surface area contributed by atoms with Crippen LogP contribution in [-0.2, 0) is 4.79 Å². The number of aromatic nitrogens is 3. The van der Waals surface area contributed by atoms with Gasteiger partial charge in [-0.1, -0.05) is 0 Å². The monoisotopic (exact) mass is 348 g/mol. The number of nitrogens with one attached hydrogen (secondary N) is 1. The van der Waals surface area contributed by atoms with Crippen LogP contribution >= 0.6 is 0 Å².